The Hall–Kier alpha value is -2.27. The van der Waals surface area contributed by atoms with E-state index < -0.39 is 17.7 Å². The molecule has 1 atom stereocenters. The number of anilines is 1. The van der Waals surface area contributed by atoms with Crippen LogP contribution in [0, 0.1) is 11.6 Å². The van der Waals surface area contributed by atoms with E-state index in [1.165, 1.54) is 18.2 Å². The summed E-state index contributed by atoms with van der Waals surface area (Å²) in [6.45, 7) is 5.02. The molecule has 25 heavy (non-hydrogen) atoms. The Morgan fingerprint density at radius 3 is 2.40 bits per heavy atom. The van der Waals surface area contributed by atoms with Gasteiger partial charge in [-0.15, -0.1) is 0 Å². The standard InChI is InChI=1S/C20H22F2N2O/c1-3-15-7-4-5-10-19(15)24-12-11-23(14(2)20(24)25)13-16-17(21)8-6-9-18(16)22/h4-10,14H,3,11-13H2,1-2H3/t14-/m0/s1. The number of hydrogen-bond donors (Lipinski definition) is 0. The first-order valence-electron chi connectivity index (χ1n) is 8.59. The molecule has 2 aromatic rings. The predicted molar refractivity (Wildman–Crippen MR) is 94.4 cm³/mol. The monoisotopic (exact) mass is 344 g/mol. The molecule has 3 rings (SSSR count). The quantitative estimate of drug-likeness (QED) is 0.843. The van der Waals surface area contributed by atoms with E-state index in [1.54, 1.807) is 11.8 Å². The Kier molecular flexibility index (Phi) is 5.13. The first-order valence-corrected chi connectivity index (χ1v) is 8.59. The first kappa shape index (κ1) is 17.5. The summed E-state index contributed by atoms with van der Waals surface area (Å²) in [5, 5.41) is 0. The van der Waals surface area contributed by atoms with Gasteiger partial charge in [-0.25, -0.2) is 8.78 Å². The van der Waals surface area contributed by atoms with Crippen LogP contribution in [0.3, 0.4) is 0 Å². The molecule has 0 aliphatic carbocycles. The fourth-order valence-electron chi connectivity index (χ4n) is 3.33. The van der Waals surface area contributed by atoms with Crippen molar-refractivity contribution in [3.63, 3.8) is 0 Å². The minimum absolute atomic E-state index is 0.0181. The minimum atomic E-state index is -0.571. The Labute approximate surface area is 146 Å². The number of hydrogen-bond acceptors (Lipinski definition) is 2. The highest BCUT2D eigenvalue weighted by Gasteiger charge is 2.33. The third-order valence-corrected chi connectivity index (χ3v) is 4.87. The number of aryl methyl sites for hydroxylation is 1. The number of benzene rings is 2. The fraction of sp³-hybridized carbons (Fsp3) is 0.350. The van der Waals surface area contributed by atoms with Gasteiger partial charge in [0.25, 0.3) is 0 Å². The van der Waals surface area contributed by atoms with Crippen LogP contribution in [0.2, 0.25) is 0 Å². The summed E-state index contributed by atoms with van der Waals surface area (Å²) in [5.74, 6) is -1.18. The Morgan fingerprint density at radius 1 is 1.04 bits per heavy atom. The zero-order valence-corrected chi connectivity index (χ0v) is 14.5. The average Bonchev–Trinajstić information content (AvgIpc) is 2.62. The van der Waals surface area contributed by atoms with Gasteiger partial charge in [0.15, 0.2) is 0 Å². The second-order valence-electron chi connectivity index (χ2n) is 6.32. The van der Waals surface area contributed by atoms with E-state index in [-0.39, 0.29) is 18.0 Å². The van der Waals surface area contributed by atoms with Crippen molar-refractivity contribution in [2.24, 2.45) is 0 Å². The van der Waals surface area contributed by atoms with Gasteiger partial charge in [-0.1, -0.05) is 31.2 Å². The van der Waals surface area contributed by atoms with Crippen LogP contribution < -0.4 is 4.90 Å². The zero-order chi connectivity index (χ0) is 18.0. The molecule has 0 unspecified atom stereocenters. The number of rotatable bonds is 4. The van der Waals surface area contributed by atoms with Crippen molar-refractivity contribution in [2.45, 2.75) is 32.9 Å². The number of piperazine rings is 1. The van der Waals surface area contributed by atoms with Crippen LogP contribution in [0.25, 0.3) is 0 Å². The second-order valence-corrected chi connectivity index (χ2v) is 6.32. The van der Waals surface area contributed by atoms with Gasteiger partial charge in [0, 0.05) is 30.9 Å². The number of carbonyl (C=O) groups excluding carboxylic acids is 1. The molecule has 2 aromatic carbocycles. The highest BCUT2D eigenvalue weighted by Crippen LogP contribution is 2.26. The van der Waals surface area contributed by atoms with Crippen LogP contribution in [0.1, 0.15) is 25.0 Å². The fourth-order valence-corrected chi connectivity index (χ4v) is 3.33. The van der Waals surface area contributed by atoms with Crippen molar-refractivity contribution in [1.29, 1.82) is 0 Å². The van der Waals surface area contributed by atoms with E-state index in [9.17, 15) is 13.6 Å². The molecule has 1 saturated heterocycles. The molecule has 1 fully saturated rings. The van der Waals surface area contributed by atoms with Gasteiger partial charge in [0.1, 0.15) is 11.6 Å². The lowest BCUT2D eigenvalue weighted by Gasteiger charge is -2.39. The summed E-state index contributed by atoms with van der Waals surface area (Å²) in [6, 6.07) is 11.3. The number of nitrogens with zero attached hydrogens (tertiary/aromatic N) is 2. The third-order valence-electron chi connectivity index (χ3n) is 4.87. The number of amides is 1. The van der Waals surface area contributed by atoms with Gasteiger partial charge in [-0.3, -0.25) is 9.69 Å². The normalized spacial score (nSPS) is 18.6. The summed E-state index contributed by atoms with van der Waals surface area (Å²) in [5.41, 5.74) is 2.07. The van der Waals surface area contributed by atoms with Crippen molar-refractivity contribution in [3.05, 3.63) is 65.2 Å². The molecule has 0 radical (unpaired) electrons. The minimum Gasteiger partial charge on any atom is -0.310 e. The van der Waals surface area contributed by atoms with E-state index in [1.807, 2.05) is 29.2 Å². The smallest absolute Gasteiger partial charge is 0.244 e. The highest BCUT2D eigenvalue weighted by molar-refractivity contribution is 5.98. The van der Waals surface area contributed by atoms with Crippen molar-refractivity contribution in [3.8, 4) is 0 Å². The second kappa shape index (κ2) is 7.31. The summed E-state index contributed by atoms with van der Waals surface area (Å²) in [4.78, 5) is 16.5. The highest BCUT2D eigenvalue weighted by atomic mass is 19.1. The van der Waals surface area contributed by atoms with Gasteiger partial charge in [-0.2, -0.15) is 0 Å². The molecule has 0 N–H and O–H groups in total. The molecule has 5 heteroatoms. The topological polar surface area (TPSA) is 23.6 Å². The predicted octanol–water partition coefficient (Wildman–Crippen LogP) is 3.76. The summed E-state index contributed by atoms with van der Waals surface area (Å²) >= 11 is 0. The van der Waals surface area contributed by atoms with Crippen LogP contribution in [-0.2, 0) is 17.8 Å². The Balaban J connectivity index is 1.80. The molecule has 1 amide bonds. The van der Waals surface area contributed by atoms with E-state index >= 15 is 0 Å². The van der Waals surface area contributed by atoms with E-state index in [0.717, 1.165) is 17.7 Å². The maximum Gasteiger partial charge on any atom is 0.244 e. The largest absolute Gasteiger partial charge is 0.310 e. The van der Waals surface area contributed by atoms with Gasteiger partial charge in [-0.05, 0) is 37.1 Å². The zero-order valence-electron chi connectivity index (χ0n) is 14.5. The molecule has 3 nitrogen and oxygen atoms in total. The lowest BCUT2D eigenvalue weighted by molar-refractivity contribution is -0.125. The molecule has 0 bridgehead atoms. The van der Waals surface area contributed by atoms with Crippen molar-refractivity contribution in [2.75, 3.05) is 18.0 Å². The molecule has 1 aliphatic heterocycles. The molecule has 0 saturated carbocycles. The van der Waals surface area contributed by atoms with Gasteiger partial charge < -0.3 is 4.90 Å². The third kappa shape index (κ3) is 3.42. The van der Waals surface area contributed by atoms with Crippen molar-refractivity contribution < 1.29 is 13.6 Å². The van der Waals surface area contributed by atoms with Crippen LogP contribution in [0.15, 0.2) is 42.5 Å². The summed E-state index contributed by atoms with van der Waals surface area (Å²) in [6.07, 6.45) is 0.846. The average molecular weight is 344 g/mol. The molecule has 1 aliphatic rings. The van der Waals surface area contributed by atoms with E-state index in [2.05, 4.69) is 6.92 Å². The van der Waals surface area contributed by atoms with Crippen LogP contribution in [-0.4, -0.2) is 29.9 Å². The SMILES string of the molecule is CCc1ccccc1N1CCN(Cc2c(F)cccc2F)[C@@H](C)C1=O. The van der Waals surface area contributed by atoms with Crippen LogP contribution in [0.4, 0.5) is 14.5 Å². The van der Waals surface area contributed by atoms with E-state index in [4.69, 9.17) is 0 Å². The number of para-hydroxylation sites is 1. The molecular formula is C20H22F2N2O. The van der Waals surface area contributed by atoms with Gasteiger partial charge in [0.2, 0.25) is 5.91 Å². The molecule has 0 aromatic heterocycles. The van der Waals surface area contributed by atoms with Gasteiger partial charge >= 0.3 is 0 Å². The van der Waals surface area contributed by atoms with E-state index in [0.29, 0.717) is 13.1 Å². The lowest BCUT2D eigenvalue weighted by Crippen LogP contribution is -2.55. The molecule has 1 heterocycles. The maximum absolute atomic E-state index is 13.9. The molecule has 132 valence electrons. The van der Waals surface area contributed by atoms with Gasteiger partial charge in [0.05, 0.1) is 6.04 Å². The summed E-state index contributed by atoms with van der Waals surface area (Å²) in [7, 11) is 0. The van der Waals surface area contributed by atoms with Crippen LogP contribution in [0.5, 0.6) is 0 Å². The lowest BCUT2D eigenvalue weighted by atomic mass is 10.1. The first-order chi connectivity index (χ1) is 12.0. The maximum atomic E-state index is 13.9. The Bertz CT molecular complexity index is 758. The van der Waals surface area contributed by atoms with Crippen LogP contribution >= 0.6 is 0 Å². The number of carbonyl (C=O) groups is 1. The Morgan fingerprint density at radius 2 is 1.72 bits per heavy atom. The summed E-state index contributed by atoms with van der Waals surface area (Å²) < 4.78 is 27.8. The van der Waals surface area contributed by atoms with Crippen molar-refractivity contribution in [1.82, 2.24) is 4.90 Å². The van der Waals surface area contributed by atoms with Crippen molar-refractivity contribution >= 4 is 11.6 Å². The molecule has 0 spiro atoms. The number of halogens is 2. The molecular weight excluding hydrogens is 322 g/mol.